The molecule has 0 aliphatic heterocycles. The van der Waals surface area contributed by atoms with Crippen LogP contribution in [-0.2, 0) is 11.4 Å². The Morgan fingerprint density at radius 2 is 1.82 bits per heavy atom. The number of hydrogen-bond donors (Lipinski definition) is 2. The first-order valence-electron chi connectivity index (χ1n) is 9.01. The number of benzene rings is 2. The van der Waals surface area contributed by atoms with E-state index in [1.54, 1.807) is 30.3 Å². The Morgan fingerprint density at radius 3 is 2.39 bits per heavy atom. The molecule has 28 heavy (non-hydrogen) atoms. The molecule has 6 nitrogen and oxygen atoms in total. The van der Waals surface area contributed by atoms with Gasteiger partial charge in [-0.25, -0.2) is 0 Å². The van der Waals surface area contributed by atoms with E-state index in [-0.39, 0.29) is 5.92 Å². The van der Waals surface area contributed by atoms with Gasteiger partial charge in [0.1, 0.15) is 12.6 Å². The SMILES string of the molecule is CCC(C)C(NC(=O)c1ccc(OCc2ccc(Cl)cc2)c(OC)c1)C(N)=O. The molecule has 0 spiro atoms. The number of ether oxygens (including phenoxy) is 2. The summed E-state index contributed by atoms with van der Waals surface area (Å²) in [6, 6.07) is 11.4. The predicted molar refractivity (Wildman–Crippen MR) is 109 cm³/mol. The van der Waals surface area contributed by atoms with E-state index in [9.17, 15) is 9.59 Å². The number of carbonyl (C=O) groups is 2. The molecule has 0 saturated carbocycles. The molecule has 0 aliphatic rings. The topological polar surface area (TPSA) is 90.7 Å². The van der Waals surface area contributed by atoms with Crippen LogP contribution < -0.4 is 20.5 Å². The van der Waals surface area contributed by atoms with Gasteiger partial charge in [-0.05, 0) is 41.8 Å². The van der Waals surface area contributed by atoms with Gasteiger partial charge in [-0.2, -0.15) is 0 Å². The van der Waals surface area contributed by atoms with Crippen LogP contribution in [0.5, 0.6) is 11.5 Å². The minimum Gasteiger partial charge on any atom is -0.493 e. The summed E-state index contributed by atoms with van der Waals surface area (Å²) in [6.07, 6.45) is 0.717. The summed E-state index contributed by atoms with van der Waals surface area (Å²) in [5.74, 6) is -0.0993. The molecular weight excluding hydrogens is 380 g/mol. The van der Waals surface area contributed by atoms with Crippen molar-refractivity contribution in [1.82, 2.24) is 5.32 Å². The van der Waals surface area contributed by atoms with Gasteiger partial charge in [0, 0.05) is 10.6 Å². The van der Waals surface area contributed by atoms with Gasteiger partial charge >= 0.3 is 0 Å². The summed E-state index contributed by atoms with van der Waals surface area (Å²) in [6.45, 7) is 4.13. The van der Waals surface area contributed by atoms with Gasteiger partial charge in [-0.3, -0.25) is 9.59 Å². The molecule has 2 unspecified atom stereocenters. The molecule has 150 valence electrons. The highest BCUT2D eigenvalue weighted by Crippen LogP contribution is 2.29. The zero-order chi connectivity index (χ0) is 20.7. The fraction of sp³-hybridized carbons (Fsp3) is 0.333. The molecule has 0 saturated heterocycles. The first-order valence-corrected chi connectivity index (χ1v) is 9.39. The van der Waals surface area contributed by atoms with Crippen molar-refractivity contribution in [3.8, 4) is 11.5 Å². The largest absolute Gasteiger partial charge is 0.493 e. The Morgan fingerprint density at radius 1 is 1.14 bits per heavy atom. The molecule has 0 bridgehead atoms. The summed E-state index contributed by atoms with van der Waals surface area (Å²) < 4.78 is 11.1. The summed E-state index contributed by atoms with van der Waals surface area (Å²) >= 11 is 5.88. The summed E-state index contributed by atoms with van der Waals surface area (Å²) in [5.41, 5.74) is 6.72. The summed E-state index contributed by atoms with van der Waals surface area (Å²) in [5, 5.41) is 3.35. The Bertz CT molecular complexity index is 824. The van der Waals surface area contributed by atoms with E-state index in [0.717, 1.165) is 5.56 Å². The monoisotopic (exact) mass is 404 g/mol. The van der Waals surface area contributed by atoms with Crippen molar-refractivity contribution in [2.75, 3.05) is 7.11 Å². The highest BCUT2D eigenvalue weighted by Gasteiger charge is 2.24. The van der Waals surface area contributed by atoms with E-state index in [0.29, 0.717) is 35.1 Å². The number of halogens is 1. The minimum atomic E-state index is -0.732. The van der Waals surface area contributed by atoms with Crippen LogP contribution in [0.15, 0.2) is 42.5 Å². The maximum absolute atomic E-state index is 12.5. The maximum Gasteiger partial charge on any atom is 0.252 e. The maximum atomic E-state index is 12.5. The average Bonchev–Trinajstić information content (AvgIpc) is 2.70. The van der Waals surface area contributed by atoms with Crippen LogP contribution in [0.4, 0.5) is 0 Å². The third-order valence-electron chi connectivity index (χ3n) is 4.54. The second-order valence-corrected chi connectivity index (χ2v) is 6.96. The molecule has 2 rings (SSSR count). The highest BCUT2D eigenvalue weighted by molar-refractivity contribution is 6.30. The van der Waals surface area contributed by atoms with E-state index in [4.69, 9.17) is 26.8 Å². The van der Waals surface area contributed by atoms with Crippen molar-refractivity contribution >= 4 is 23.4 Å². The average molecular weight is 405 g/mol. The number of nitrogens with two attached hydrogens (primary N) is 1. The van der Waals surface area contributed by atoms with Gasteiger partial charge in [0.05, 0.1) is 7.11 Å². The molecule has 2 amide bonds. The zero-order valence-electron chi connectivity index (χ0n) is 16.2. The van der Waals surface area contributed by atoms with Crippen molar-refractivity contribution in [3.05, 3.63) is 58.6 Å². The quantitative estimate of drug-likeness (QED) is 0.668. The first kappa shape index (κ1) is 21.6. The van der Waals surface area contributed by atoms with Crippen LogP contribution in [0.3, 0.4) is 0 Å². The van der Waals surface area contributed by atoms with Crippen molar-refractivity contribution in [3.63, 3.8) is 0 Å². The molecule has 2 aromatic carbocycles. The van der Waals surface area contributed by atoms with E-state index in [1.165, 1.54) is 7.11 Å². The molecule has 2 atom stereocenters. The number of amides is 2. The summed E-state index contributed by atoms with van der Waals surface area (Å²) in [4.78, 5) is 24.2. The lowest BCUT2D eigenvalue weighted by molar-refractivity contribution is -0.120. The van der Waals surface area contributed by atoms with Gasteiger partial charge < -0.3 is 20.5 Å². The smallest absolute Gasteiger partial charge is 0.252 e. The van der Waals surface area contributed by atoms with Crippen LogP contribution in [-0.4, -0.2) is 25.0 Å². The van der Waals surface area contributed by atoms with Crippen LogP contribution in [0.2, 0.25) is 5.02 Å². The van der Waals surface area contributed by atoms with Gasteiger partial charge in [0.15, 0.2) is 11.5 Å². The van der Waals surface area contributed by atoms with Crippen LogP contribution in [0.1, 0.15) is 36.2 Å². The number of rotatable bonds is 9. The van der Waals surface area contributed by atoms with Crippen molar-refractivity contribution < 1.29 is 19.1 Å². The highest BCUT2D eigenvalue weighted by atomic mass is 35.5. The van der Waals surface area contributed by atoms with Gasteiger partial charge in [-0.15, -0.1) is 0 Å². The first-order chi connectivity index (χ1) is 13.3. The van der Waals surface area contributed by atoms with E-state index >= 15 is 0 Å². The van der Waals surface area contributed by atoms with Crippen molar-refractivity contribution in [2.24, 2.45) is 11.7 Å². The lowest BCUT2D eigenvalue weighted by Gasteiger charge is -2.21. The zero-order valence-corrected chi connectivity index (χ0v) is 17.0. The number of carbonyl (C=O) groups excluding carboxylic acids is 2. The van der Waals surface area contributed by atoms with Gasteiger partial charge in [0.25, 0.3) is 5.91 Å². The number of primary amides is 1. The minimum absolute atomic E-state index is 0.0645. The fourth-order valence-electron chi connectivity index (χ4n) is 2.62. The van der Waals surface area contributed by atoms with Crippen LogP contribution in [0, 0.1) is 5.92 Å². The van der Waals surface area contributed by atoms with Crippen LogP contribution in [0.25, 0.3) is 0 Å². The Kier molecular flexibility index (Phi) is 7.70. The van der Waals surface area contributed by atoms with E-state index in [2.05, 4.69) is 5.32 Å². The number of hydrogen-bond acceptors (Lipinski definition) is 4. The Labute approximate surface area is 170 Å². The molecule has 7 heteroatoms. The fourth-order valence-corrected chi connectivity index (χ4v) is 2.75. The standard InChI is InChI=1S/C21H25ClN2O4/c1-4-13(2)19(20(23)25)24-21(26)15-7-10-17(18(11-15)27-3)28-12-14-5-8-16(22)9-6-14/h5-11,13,19H,4,12H2,1-3H3,(H2,23,25)(H,24,26). The Hall–Kier alpha value is -2.73. The lowest BCUT2D eigenvalue weighted by atomic mass is 9.98. The molecule has 2 aromatic rings. The van der Waals surface area contributed by atoms with E-state index in [1.807, 2.05) is 26.0 Å². The van der Waals surface area contributed by atoms with Crippen molar-refractivity contribution in [1.29, 1.82) is 0 Å². The van der Waals surface area contributed by atoms with Crippen LogP contribution >= 0.6 is 11.6 Å². The lowest BCUT2D eigenvalue weighted by Crippen LogP contribution is -2.48. The molecule has 0 aromatic heterocycles. The second-order valence-electron chi connectivity index (χ2n) is 6.52. The normalized spacial score (nSPS) is 12.7. The number of methoxy groups -OCH3 is 1. The number of nitrogens with one attached hydrogen (secondary N) is 1. The van der Waals surface area contributed by atoms with Gasteiger partial charge in [-0.1, -0.05) is 44.0 Å². The van der Waals surface area contributed by atoms with E-state index < -0.39 is 17.9 Å². The third kappa shape index (κ3) is 5.63. The molecule has 0 fully saturated rings. The molecular formula is C21H25ClN2O4. The molecule has 0 aliphatic carbocycles. The predicted octanol–water partition coefficient (Wildman–Crippen LogP) is 3.56. The van der Waals surface area contributed by atoms with Gasteiger partial charge in [0.2, 0.25) is 5.91 Å². The van der Waals surface area contributed by atoms with Crippen molar-refractivity contribution in [2.45, 2.75) is 32.9 Å². The third-order valence-corrected chi connectivity index (χ3v) is 4.79. The molecule has 3 N–H and O–H groups in total. The molecule has 0 heterocycles. The Balaban J connectivity index is 2.11. The summed E-state index contributed by atoms with van der Waals surface area (Å²) in [7, 11) is 1.50. The molecule has 0 radical (unpaired) electrons. The second kappa shape index (κ2) is 9.99.